The van der Waals surface area contributed by atoms with Crippen LogP contribution in [-0.4, -0.2) is 24.8 Å². The van der Waals surface area contributed by atoms with Gasteiger partial charge in [-0.25, -0.2) is 4.79 Å². The van der Waals surface area contributed by atoms with Crippen LogP contribution in [0.1, 0.15) is 110 Å². The Labute approximate surface area is 215 Å². The topological polar surface area (TPSA) is 41.9 Å². The van der Waals surface area contributed by atoms with Crippen molar-refractivity contribution < 1.29 is 9.63 Å². The van der Waals surface area contributed by atoms with E-state index in [1.165, 1.54) is 62.6 Å². The van der Waals surface area contributed by atoms with Crippen LogP contribution in [0.3, 0.4) is 0 Å². The van der Waals surface area contributed by atoms with Crippen molar-refractivity contribution in [3.63, 3.8) is 0 Å². The predicted octanol–water partition coefficient (Wildman–Crippen LogP) is 8.58. The molecule has 0 aliphatic carbocycles. The molecule has 0 bridgehead atoms. The summed E-state index contributed by atoms with van der Waals surface area (Å²) in [6.45, 7) is 17.8. The Morgan fingerprint density at radius 3 is 2.03 bits per heavy atom. The molecule has 1 aliphatic heterocycles. The molecule has 0 spiro atoms. The van der Waals surface area contributed by atoms with Gasteiger partial charge in [0, 0.05) is 24.7 Å². The number of carbonyl (C=O) groups excluding carboxylic acids is 1. The van der Waals surface area contributed by atoms with E-state index in [4.69, 9.17) is 4.84 Å². The smallest absolute Gasteiger partial charge is 0.367 e. The molecule has 0 saturated heterocycles. The molecule has 1 aliphatic rings. The number of anilines is 1. The van der Waals surface area contributed by atoms with Gasteiger partial charge in [-0.2, -0.15) is 0 Å². The molecule has 0 amide bonds. The first kappa shape index (κ1) is 29.1. The Hall–Kier alpha value is -2.10. The summed E-state index contributed by atoms with van der Waals surface area (Å²) in [5.74, 6) is 1.31. The number of oxime groups is 1. The fourth-order valence-corrected chi connectivity index (χ4v) is 4.89. The maximum Gasteiger partial charge on any atom is 0.367 e. The fourth-order valence-electron chi connectivity index (χ4n) is 4.89. The van der Waals surface area contributed by atoms with E-state index in [1.54, 1.807) is 0 Å². The molecule has 1 heterocycles. The molecular formula is C31H50N2O2. The SMILES string of the molecule is CCCCC(CC)CN(CC(CC)CCCC)c1ccc(C=C2C(=O)ON=C2C(C)CC)c(C)c1. The van der Waals surface area contributed by atoms with E-state index in [-0.39, 0.29) is 11.9 Å². The van der Waals surface area contributed by atoms with Crippen LogP contribution in [0, 0.1) is 24.7 Å². The van der Waals surface area contributed by atoms with Crippen LogP contribution in [0.15, 0.2) is 28.9 Å². The van der Waals surface area contributed by atoms with E-state index in [0.29, 0.717) is 5.57 Å². The molecule has 0 radical (unpaired) electrons. The molecular weight excluding hydrogens is 432 g/mol. The van der Waals surface area contributed by atoms with E-state index in [9.17, 15) is 4.79 Å². The van der Waals surface area contributed by atoms with Crippen molar-refractivity contribution >= 4 is 23.4 Å². The highest BCUT2D eigenvalue weighted by atomic mass is 16.7. The second kappa shape index (κ2) is 15.1. The lowest BCUT2D eigenvalue weighted by atomic mass is 9.93. The number of hydrogen-bond acceptors (Lipinski definition) is 4. The molecule has 2 rings (SSSR count). The van der Waals surface area contributed by atoms with Crippen LogP contribution in [0.4, 0.5) is 5.69 Å². The average molecular weight is 483 g/mol. The van der Waals surface area contributed by atoms with E-state index >= 15 is 0 Å². The van der Waals surface area contributed by atoms with Gasteiger partial charge in [-0.05, 0) is 67.4 Å². The van der Waals surface area contributed by atoms with Gasteiger partial charge in [-0.15, -0.1) is 0 Å². The van der Waals surface area contributed by atoms with Crippen molar-refractivity contribution in [2.75, 3.05) is 18.0 Å². The lowest BCUT2D eigenvalue weighted by Gasteiger charge is -2.33. The summed E-state index contributed by atoms with van der Waals surface area (Å²) >= 11 is 0. The van der Waals surface area contributed by atoms with Gasteiger partial charge in [0.1, 0.15) is 0 Å². The van der Waals surface area contributed by atoms with E-state index in [0.717, 1.165) is 42.6 Å². The standard InChI is InChI=1S/C31H50N2O2/c1-8-13-15-25(11-4)21-33(22-26(12-5)16-14-9-2)28-18-17-27(24(7)19-28)20-29-30(23(6)10-3)32-35-31(29)34/h17-20,23,25-26H,8-16,21-22H2,1-7H3. The van der Waals surface area contributed by atoms with Gasteiger partial charge in [0.25, 0.3) is 0 Å². The number of benzene rings is 1. The summed E-state index contributed by atoms with van der Waals surface area (Å²) < 4.78 is 0. The van der Waals surface area contributed by atoms with Crippen molar-refractivity contribution in [1.82, 2.24) is 0 Å². The maximum atomic E-state index is 12.4. The summed E-state index contributed by atoms with van der Waals surface area (Å²) in [5, 5.41) is 4.06. The Balaban J connectivity index is 2.33. The third-order valence-electron chi connectivity index (χ3n) is 7.76. The van der Waals surface area contributed by atoms with E-state index < -0.39 is 0 Å². The van der Waals surface area contributed by atoms with Crippen molar-refractivity contribution in [2.45, 2.75) is 106 Å². The Bertz CT molecular complexity index is 840. The molecule has 0 N–H and O–H groups in total. The first-order valence-corrected chi connectivity index (χ1v) is 14.2. The van der Waals surface area contributed by atoms with Crippen LogP contribution < -0.4 is 4.90 Å². The van der Waals surface area contributed by atoms with Gasteiger partial charge in [-0.3, -0.25) is 0 Å². The van der Waals surface area contributed by atoms with Gasteiger partial charge < -0.3 is 9.74 Å². The zero-order valence-electron chi connectivity index (χ0n) is 23.5. The number of carbonyl (C=O) groups is 1. The highest BCUT2D eigenvalue weighted by molar-refractivity contribution is 6.25. The van der Waals surface area contributed by atoms with Crippen LogP contribution in [0.2, 0.25) is 0 Å². The lowest BCUT2D eigenvalue weighted by Crippen LogP contribution is -2.34. The zero-order valence-corrected chi connectivity index (χ0v) is 23.5. The quantitative estimate of drug-likeness (QED) is 0.175. The van der Waals surface area contributed by atoms with Gasteiger partial charge in [0.2, 0.25) is 0 Å². The van der Waals surface area contributed by atoms with Crippen LogP contribution in [-0.2, 0) is 9.63 Å². The first-order valence-electron chi connectivity index (χ1n) is 14.2. The number of rotatable bonds is 16. The van der Waals surface area contributed by atoms with Gasteiger partial charge in [0.15, 0.2) is 0 Å². The van der Waals surface area contributed by atoms with Gasteiger partial charge in [-0.1, -0.05) is 91.3 Å². The first-order chi connectivity index (χ1) is 16.9. The molecule has 1 aromatic carbocycles. The number of unbranched alkanes of at least 4 members (excludes halogenated alkanes) is 2. The van der Waals surface area contributed by atoms with Crippen molar-refractivity contribution in [3.8, 4) is 0 Å². The van der Waals surface area contributed by atoms with E-state index in [1.807, 2.05) is 6.08 Å². The molecule has 0 aromatic heterocycles. The fraction of sp³-hybridized carbons (Fsp3) is 0.677. The highest BCUT2D eigenvalue weighted by Crippen LogP contribution is 2.28. The Kier molecular flexibility index (Phi) is 12.6. The Morgan fingerprint density at radius 1 is 0.943 bits per heavy atom. The predicted molar refractivity (Wildman–Crippen MR) is 151 cm³/mol. The third-order valence-corrected chi connectivity index (χ3v) is 7.76. The summed E-state index contributed by atoms with van der Waals surface area (Å²) in [6, 6.07) is 6.73. The van der Waals surface area contributed by atoms with Crippen LogP contribution >= 0.6 is 0 Å². The highest BCUT2D eigenvalue weighted by Gasteiger charge is 2.29. The monoisotopic (exact) mass is 482 g/mol. The maximum absolute atomic E-state index is 12.4. The zero-order chi connectivity index (χ0) is 25.8. The van der Waals surface area contributed by atoms with Crippen molar-refractivity contribution in [2.24, 2.45) is 22.9 Å². The summed E-state index contributed by atoms with van der Waals surface area (Å²) in [4.78, 5) is 20.0. The average Bonchev–Trinajstić information content (AvgIpc) is 3.23. The second-order valence-electron chi connectivity index (χ2n) is 10.5. The normalized spacial score (nSPS) is 17.3. The lowest BCUT2D eigenvalue weighted by molar-refractivity contribution is -0.136. The number of aryl methyl sites for hydroxylation is 1. The number of hydrogen-bond donors (Lipinski definition) is 0. The third kappa shape index (κ3) is 8.51. The molecule has 4 nitrogen and oxygen atoms in total. The summed E-state index contributed by atoms with van der Waals surface area (Å²) in [5.41, 5.74) is 4.93. The minimum absolute atomic E-state index is 0.200. The molecule has 0 saturated carbocycles. The van der Waals surface area contributed by atoms with Gasteiger partial charge >= 0.3 is 5.97 Å². The Morgan fingerprint density at radius 2 is 1.54 bits per heavy atom. The minimum atomic E-state index is -0.339. The molecule has 3 atom stereocenters. The molecule has 35 heavy (non-hydrogen) atoms. The van der Waals surface area contributed by atoms with Crippen molar-refractivity contribution in [3.05, 3.63) is 34.9 Å². The second-order valence-corrected chi connectivity index (χ2v) is 10.5. The van der Waals surface area contributed by atoms with Gasteiger partial charge in [0.05, 0.1) is 11.3 Å². The molecule has 196 valence electrons. The van der Waals surface area contributed by atoms with Crippen molar-refractivity contribution in [1.29, 1.82) is 0 Å². The number of nitrogens with zero attached hydrogens (tertiary/aromatic N) is 2. The minimum Gasteiger partial charge on any atom is -0.371 e. The van der Waals surface area contributed by atoms with Crippen LogP contribution in [0.5, 0.6) is 0 Å². The molecule has 1 aromatic rings. The molecule has 0 fully saturated rings. The summed E-state index contributed by atoms with van der Waals surface area (Å²) in [7, 11) is 0. The van der Waals surface area contributed by atoms with E-state index in [2.05, 4.69) is 76.7 Å². The summed E-state index contributed by atoms with van der Waals surface area (Å²) in [6.07, 6.45) is 13.1. The largest absolute Gasteiger partial charge is 0.371 e. The molecule has 3 unspecified atom stereocenters. The van der Waals surface area contributed by atoms with Crippen LogP contribution in [0.25, 0.3) is 6.08 Å². The molecule has 4 heteroatoms.